The molecule has 1 fully saturated rings. The highest BCUT2D eigenvalue weighted by molar-refractivity contribution is 7.89. The zero-order valence-corrected chi connectivity index (χ0v) is 11.8. The SMILES string of the molecule is O=S(=O)(c1ccc(OB(O)O)cc1)N1CCC(F)(F)CC1. The summed E-state index contributed by atoms with van der Waals surface area (Å²) >= 11 is 0. The molecule has 0 atom stereocenters. The van der Waals surface area contributed by atoms with Gasteiger partial charge in [-0.3, -0.25) is 0 Å². The number of nitrogens with zero attached hydrogens (tertiary/aromatic N) is 1. The molecular weight excluding hydrogens is 307 g/mol. The first kappa shape index (κ1) is 16.2. The van der Waals surface area contributed by atoms with Crippen LogP contribution in [0.5, 0.6) is 5.75 Å². The lowest BCUT2D eigenvalue weighted by molar-refractivity contribution is -0.0412. The van der Waals surface area contributed by atoms with Crippen LogP contribution in [0.15, 0.2) is 29.2 Å². The van der Waals surface area contributed by atoms with Crippen molar-refractivity contribution in [2.45, 2.75) is 23.7 Å². The molecule has 0 amide bonds. The van der Waals surface area contributed by atoms with Crippen molar-refractivity contribution < 1.29 is 31.9 Å². The Kier molecular flexibility index (Phi) is 4.52. The Bertz CT molecular complexity index is 583. The molecule has 0 aromatic heterocycles. The molecule has 1 aromatic carbocycles. The monoisotopic (exact) mass is 321 g/mol. The molecular formula is C11H14BF2NO5S. The van der Waals surface area contributed by atoms with E-state index < -0.39 is 36.1 Å². The second-order valence-corrected chi connectivity index (χ2v) is 6.61. The highest BCUT2D eigenvalue weighted by Gasteiger charge is 2.38. The number of piperidine rings is 1. The highest BCUT2D eigenvalue weighted by Crippen LogP contribution is 2.31. The van der Waals surface area contributed by atoms with Crippen molar-refractivity contribution in [1.82, 2.24) is 4.31 Å². The average Bonchev–Trinajstić information content (AvgIpc) is 2.38. The van der Waals surface area contributed by atoms with Gasteiger partial charge < -0.3 is 14.7 Å². The second kappa shape index (κ2) is 5.88. The Morgan fingerprint density at radius 3 is 2.14 bits per heavy atom. The lowest BCUT2D eigenvalue weighted by Gasteiger charge is -2.30. The zero-order chi connectivity index (χ0) is 15.7. The molecule has 0 radical (unpaired) electrons. The van der Waals surface area contributed by atoms with E-state index in [1.165, 1.54) is 24.3 Å². The molecule has 1 aliphatic heterocycles. The van der Waals surface area contributed by atoms with E-state index in [4.69, 9.17) is 10.0 Å². The normalized spacial score (nSPS) is 19.2. The van der Waals surface area contributed by atoms with Crippen molar-refractivity contribution in [3.63, 3.8) is 0 Å². The van der Waals surface area contributed by atoms with E-state index in [-0.39, 0.29) is 23.7 Å². The molecule has 116 valence electrons. The van der Waals surface area contributed by atoms with Gasteiger partial charge in [0.1, 0.15) is 5.75 Å². The average molecular weight is 321 g/mol. The standard InChI is InChI=1S/C11H14BF2NO5S/c13-11(14)5-7-15(8-6-11)21(18,19)10-3-1-9(2-4-10)20-12(16)17/h1-4,16-17H,5-8H2. The summed E-state index contributed by atoms with van der Waals surface area (Å²) in [6, 6.07) is 4.95. The molecule has 2 N–H and O–H groups in total. The quantitative estimate of drug-likeness (QED) is 0.787. The second-order valence-electron chi connectivity index (χ2n) is 4.68. The van der Waals surface area contributed by atoms with Crippen molar-refractivity contribution in [2.24, 2.45) is 0 Å². The third kappa shape index (κ3) is 3.91. The van der Waals surface area contributed by atoms with E-state index >= 15 is 0 Å². The van der Waals surface area contributed by atoms with Gasteiger partial charge in [-0.2, -0.15) is 4.31 Å². The summed E-state index contributed by atoms with van der Waals surface area (Å²) in [5, 5.41) is 17.2. The number of hydrogen-bond acceptors (Lipinski definition) is 5. The first-order valence-corrected chi connectivity index (χ1v) is 7.66. The number of hydrogen-bond donors (Lipinski definition) is 2. The van der Waals surface area contributed by atoms with Crippen LogP contribution in [-0.2, 0) is 10.0 Å². The molecule has 2 rings (SSSR count). The summed E-state index contributed by atoms with van der Waals surface area (Å²) in [6.45, 7) is -0.466. The molecule has 0 unspecified atom stereocenters. The molecule has 0 bridgehead atoms. The minimum absolute atomic E-state index is 0.0625. The molecule has 21 heavy (non-hydrogen) atoms. The van der Waals surface area contributed by atoms with E-state index in [1.54, 1.807) is 0 Å². The van der Waals surface area contributed by atoms with Gasteiger partial charge >= 0.3 is 7.32 Å². The zero-order valence-electron chi connectivity index (χ0n) is 10.9. The molecule has 1 saturated heterocycles. The third-order valence-electron chi connectivity index (χ3n) is 3.16. The molecule has 6 nitrogen and oxygen atoms in total. The van der Waals surface area contributed by atoms with Gasteiger partial charge in [0.2, 0.25) is 10.0 Å². The summed E-state index contributed by atoms with van der Waals surface area (Å²) in [5.74, 6) is -2.74. The van der Waals surface area contributed by atoms with Gasteiger partial charge in [0.15, 0.2) is 0 Å². The van der Waals surface area contributed by atoms with Crippen molar-refractivity contribution in [2.75, 3.05) is 13.1 Å². The number of alkyl halides is 2. The van der Waals surface area contributed by atoms with Crippen LogP contribution in [0, 0.1) is 0 Å². The summed E-state index contributed by atoms with van der Waals surface area (Å²) in [6.07, 6.45) is -0.992. The van der Waals surface area contributed by atoms with Gasteiger partial charge in [0, 0.05) is 25.9 Å². The lowest BCUT2D eigenvalue weighted by atomic mass is 10.1. The summed E-state index contributed by atoms with van der Waals surface area (Å²) < 4.78 is 56.2. The Morgan fingerprint density at radius 2 is 1.67 bits per heavy atom. The van der Waals surface area contributed by atoms with E-state index in [0.29, 0.717) is 0 Å². The minimum Gasteiger partial charge on any atom is -0.512 e. The first-order chi connectivity index (χ1) is 9.71. The van der Waals surface area contributed by atoms with Crippen molar-refractivity contribution in [1.29, 1.82) is 0 Å². The van der Waals surface area contributed by atoms with E-state index in [2.05, 4.69) is 4.65 Å². The summed E-state index contributed by atoms with van der Waals surface area (Å²) in [7, 11) is -5.84. The maximum absolute atomic E-state index is 13.1. The number of halogens is 2. The number of rotatable bonds is 4. The van der Waals surface area contributed by atoms with Crippen LogP contribution in [0.3, 0.4) is 0 Å². The van der Waals surface area contributed by atoms with E-state index in [1.807, 2.05) is 0 Å². The molecule has 1 aromatic rings. The largest absolute Gasteiger partial charge is 0.707 e. The van der Waals surface area contributed by atoms with Gasteiger partial charge in [0.25, 0.3) is 5.92 Å². The molecule has 1 aliphatic rings. The van der Waals surface area contributed by atoms with Crippen molar-refractivity contribution >= 4 is 17.3 Å². The number of benzene rings is 1. The van der Waals surface area contributed by atoms with Gasteiger partial charge in [0.05, 0.1) is 4.90 Å². The maximum Gasteiger partial charge on any atom is 0.707 e. The Balaban J connectivity index is 2.13. The van der Waals surface area contributed by atoms with Crippen LogP contribution in [0.2, 0.25) is 0 Å². The van der Waals surface area contributed by atoms with Crippen LogP contribution >= 0.6 is 0 Å². The predicted octanol–water partition coefficient (Wildman–Crippen LogP) is 0.455. The van der Waals surface area contributed by atoms with Gasteiger partial charge in [-0.25, -0.2) is 17.2 Å². The van der Waals surface area contributed by atoms with Gasteiger partial charge in [-0.1, -0.05) is 0 Å². The topological polar surface area (TPSA) is 87.1 Å². The van der Waals surface area contributed by atoms with Crippen LogP contribution in [-0.4, -0.2) is 49.1 Å². The van der Waals surface area contributed by atoms with Crippen LogP contribution in [0.4, 0.5) is 8.78 Å². The predicted molar refractivity (Wildman–Crippen MR) is 70.2 cm³/mol. The maximum atomic E-state index is 13.1. The summed E-state index contributed by atoms with van der Waals surface area (Å²) in [4.78, 5) is -0.0625. The Morgan fingerprint density at radius 1 is 1.14 bits per heavy atom. The fraction of sp³-hybridized carbons (Fsp3) is 0.455. The third-order valence-corrected chi connectivity index (χ3v) is 5.07. The molecule has 1 heterocycles. The van der Waals surface area contributed by atoms with Gasteiger partial charge in [-0.15, -0.1) is 0 Å². The van der Waals surface area contributed by atoms with E-state index in [9.17, 15) is 17.2 Å². The summed E-state index contributed by atoms with van der Waals surface area (Å²) in [5.41, 5.74) is 0. The van der Waals surface area contributed by atoms with Crippen LogP contribution in [0.1, 0.15) is 12.8 Å². The Hall–Kier alpha value is -1.23. The van der Waals surface area contributed by atoms with E-state index in [0.717, 1.165) is 4.31 Å². The fourth-order valence-electron chi connectivity index (χ4n) is 2.01. The smallest absolute Gasteiger partial charge is 0.512 e. The van der Waals surface area contributed by atoms with Gasteiger partial charge in [-0.05, 0) is 24.3 Å². The highest BCUT2D eigenvalue weighted by atomic mass is 32.2. The molecule has 10 heteroatoms. The minimum atomic E-state index is -3.84. The van der Waals surface area contributed by atoms with Crippen LogP contribution < -0.4 is 4.65 Å². The van der Waals surface area contributed by atoms with Crippen molar-refractivity contribution in [3.05, 3.63) is 24.3 Å². The first-order valence-electron chi connectivity index (χ1n) is 6.22. The van der Waals surface area contributed by atoms with Crippen molar-refractivity contribution in [3.8, 4) is 5.75 Å². The lowest BCUT2D eigenvalue weighted by Crippen LogP contribution is -2.42. The molecule has 0 saturated carbocycles. The van der Waals surface area contributed by atoms with Crippen LogP contribution in [0.25, 0.3) is 0 Å². The fourth-order valence-corrected chi connectivity index (χ4v) is 3.46. The number of sulfonamides is 1. The molecule has 0 aliphatic carbocycles. The molecule has 0 spiro atoms. The Labute approximate surface area is 121 Å².